The Labute approximate surface area is 238 Å². The van der Waals surface area contributed by atoms with E-state index < -0.39 is 29.8 Å². The number of ether oxygens (including phenoxy) is 2. The molecule has 3 aromatic rings. The van der Waals surface area contributed by atoms with Gasteiger partial charge < -0.3 is 19.9 Å². The van der Waals surface area contributed by atoms with Crippen molar-refractivity contribution >= 4 is 17.8 Å². The third-order valence-electron chi connectivity index (χ3n) is 6.42. The minimum absolute atomic E-state index is 0.0699. The average Bonchev–Trinajstić information content (AvgIpc) is 2.95. The number of carboxylic acids is 1. The lowest BCUT2D eigenvalue weighted by atomic mass is 10.0. The highest BCUT2D eigenvalue weighted by Crippen LogP contribution is 2.27. The molecule has 1 atom stereocenters. The molecule has 0 heterocycles. The van der Waals surface area contributed by atoms with Crippen molar-refractivity contribution in [2.24, 2.45) is 0 Å². The van der Waals surface area contributed by atoms with E-state index in [1.165, 1.54) is 49.6 Å². The van der Waals surface area contributed by atoms with Gasteiger partial charge in [-0.2, -0.15) is 0 Å². The number of unbranched alkanes of at least 4 members (excludes halogenated alkanes) is 4. The molecule has 0 radical (unpaired) electrons. The molecule has 0 aromatic heterocycles. The zero-order valence-electron chi connectivity index (χ0n) is 23.2. The predicted octanol–water partition coefficient (Wildman–Crippen LogP) is 6.79. The van der Waals surface area contributed by atoms with Crippen LogP contribution in [0.25, 0.3) is 0 Å². The van der Waals surface area contributed by atoms with E-state index in [-0.39, 0.29) is 23.3 Å². The fourth-order valence-electron chi connectivity index (χ4n) is 4.05. The highest BCUT2D eigenvalue weighted by atomic mass is 19.3. The molecule has 2 N–H and O–H groups in total. The lowest BCUT2D eigenvalue weighted by molar-refractivity contribution is -0.139. The summed E-state index contributed by atoms with van der Waals surface area (Å²) in [7, 11) is 0. The summed E-state index contributed by atoms with van der Waals surface area (Å²) in [6.07, 6.45) is 5.65. The number of amides is 1. The smallest absolute Gasteiger partial charge is 0.343 e. The maximum atomic E-state index is 13.6. The van der Waals surface area contributed by atoms with Gasteiger partial charge in [-0.1, -0.05) is 56.9 Å². The number of carbonyl (C=O) groups is 3. The first kappa shape index (κ1) is 31.3. The number of carboxylic acid groups (broad SMARTS) is 1. The first-order valence-corrected chi connectivity index (χ1v) is 13.6. The maximum absolute atomic E-state index is 13.6. The van der Waals surface area contributed by atoms with E-state index >= 15 is 0 Å². The topological polar surface area (TPSA) is 102 Å². The van der Waals surface area contributed by atoms with Crippen molar-refractivity contribution in [1.29, 1.82) is 0 Å². The molecule has 3 aromatic carbocycles. The van der Waals surface area contributed by atoms with Gasteiger partial charge in [0.1, 0.15) is 17.5 Å². The molecular weight excluding hydrogens is 532 g/mol. The number of hydrogen-bond donors (Lipinski definition) is 2. The Hall–Kier alpha value is -4.27. The van der Waals surface area contributed by atoms with E-state index in [1.54, 1.807) is 36.4 Å². The van der Waals surface area contributed by atoms with E-state index in [0.29, 0.717) is 30.4 Å². The molecule has 3 rings (SSSR count). The molecule has 0 aliphatic carbocycles. The highest BCUT2D eigenvalue weighted by Gasteiger charge is 2.26. The molecule has 0 aliphatic rings. The first-order chi connectivity index (χ1) is 19.6. The van der Waals surface area contributed by atoms with Crippen LogP contribution in [0, 0.1) is 0 Å². The van der Waals surface area contributed by atoms with Crippen LogP contribution in [0.4, 0.5) is 8.78 Å². The van der Waals surface area contributed by atoms with E-state index in [1.807, 2.05) is 0 Å². The molecule has 1 amide bonds. The quantitative estimate of drug-likeness (QED) is 0.119. The number of hydrogen-bond acceptors (Lipinski definition) is 5. The average molecular weight is 568 g/mol. The minimum Gasteiger partial charge on any atom is -0.494 e. The van der Waals surface area contributed by atoms with Gasteiger partial charge in [0.25, 0.3) is 11.8 Å². The summed E-state index contributed by atoms with van der Waals surface area (Å²) >= 11 is 0. The molecule has 0 fully saturated rings. The van der Waals surface area contributed by atoms with Gasteiger partial charge in [-0.3, -0.25) is 4.79 Å². The Morgan fingerprint density at radius 2 is 1.54 bits per heavy atom. The van der Waals surface area contributed by atoms with E-state index in [9.17, 15) is 28.3 Å². The van der Waals surface area contributed by atoms with Crippen molar-refractivity contribution in [2.75, 3.05) is 6.61 Å². The first-order valence-electron chi connectivity index (χ1n) is 13.6. The van der Waals surface area contributed by atoms with Gasteiger partial charge in [0, 0.05) is 24.5 Å². The lowest BCUT2D eigenvalue weighted by Gasteiger charge is -2.16. The summed E-state index contributed by atoms with van der Waals surface area (Å²) in [5.41, 5.74) is 0.490. The number of carbonyl (C=O) groups excluding carboxylic acids is 2. The monoisotopic (exact) mass is 567 g/mol. The van der Waals surface area contributed by atoms with Gasteiger partial charge in [-0.15, -0.1) is 0 Å². The summed E-state index contributed by atoms with van der Waals surface area (Å²) in [5.74, 6) is -4.82. The highest BCUT2D eigenvalue weighted by molar-refractivity contribution is 5.96. The number of rotatable bonds is 15. The summed E-state index contributed by atoms with van der Waals surface area (Å²) in [4.78, 5) is 36.9. The standard InChI is InChI=1S/C32H35F2NO6/c1-3-4-5-6-7-19-40-26-17-13-23(14-18-26)31(39)41-27-15-11-22(12-16-27)20-28(30(37)38)35-29(36)24-9-8-10-25(21-24)32(2,33)34/h8-18,21,28H,3-7,19-20H2,1-2H3,(H,35,36)(H,37,38)/t28-/m0/s1. The van der Waals surface area contributed by atoms with Crippen LogP contribution < -0.4 is 14.8 Å². The Morgan fingerprint density at radius 1 is 0.878 bits per heavy atom. The zero-order valence-corrected chi connectivity index (χ0v) is 23.2. The Balaban J connectivity index is 1.53. The van der Waals surface area contributed by atoms with Crippen LogP contribution in [-0.4, -0.2) is 35.6 Å². The molecular formula is C32H35F2NO6. The van der Waals surface area contributed by atoms with Gasteiger partial charge in [-0.25, -0.2) is 18.4 Å². The van der Waals surface area contributed by atoms with Gasteiger partial charge >= 0.3 is 11.9 Å². The number of nitrogens with one attached hydrogen (secondary N) is 1. The molecule has 0 aliphatic heterocycles. The van der Waals surface area contributed by atoms with Crippen molar-refractivity contribution in [3.8, 4) is 11.5 Å². The van der Waals surface area contributed by atoms with Crippen LogP contribution >= 0.6 is 0 Å². The molecule has 0 spiro atoms. The number of halogens is 2. The summed E-state index contributed by atoms with van der Waals surface area (Å²) in [5, 5.41) is 12.0. The van der Waals surface area contributed by atoms with Crippen molar-refractivity contribution in [2.45, 2.75) is 64.3 Å². The fraction of sp³-hybridized carbons (Fsp3) is 0.344. The minimum atomic E-state index is -3.14. The van der Waals surface area contributed by atoms with Crippen LogP contribution in [0.3, 0.4) is 0 Å². The summed E-state index contributed by atoms with van der Waals surface area (Å²) < 4.78 is 38.4. The summed E-state index contributed by atoms with van der Waals surface area (Å²) in [6.45, 7) is 3.51. The Bertz CT molecular complexity index is 1300. The zero-order chi connectivity index (χ0) is 29.8. The van der Waals surface area contributed by atoms with Crippen LogP contribution in [-0.2, 0) is 17.1 Å². The van der Waals surface area contributed by atoms with Gasteiger partial charge in [0.15, 0.2) is 0 Å². The summed E-state index contributed by atoms with van der Waals surface area (Å²) in [6, 6.07) is 16.5. The number of alkyl halides is 2. The van der Waals surface area contributed by atoms with Crippen molar-refractivity contribution in [3.05, 3.63) is 95.1 Å². The Kier molecular flexibility index (Phi) is 11.4. The Morgan fingerprint density at radius 3 is 2.17 bits per heavy atom. The number of esters is 1. The van der Waals surface area contributed by atoms with Crippen LogP contribution in [0.15, 0.2) is 72.8 Å². The van der Waals surface area contributed by atoms with Crippen molar-refractivity contribution < 1.29 is 37.7 Å². The maximum Gasteiger partial charge on any atom is 0.343 e. The van der Waals surface area contributed by atoms with E-state index in [2.05, 4.69) is 12.2 Å². The molecule has 0 unspecified atom stereocenters. The molecule has 0 bridgehead atoms. The molecule has 0 saturated carbocycles. The SMILES string of the molecule is CCCCCCCOc1ccc(C(=O)Oc2ccc(C[C@H](NC(=O)c3cccc(C(C)(F)F)c3)C(=O)O)cc2)cc1. The second-order valence-electron chi connectivity index (χ2n) is 9.86. The largest absolute Gasteiger partial charge is 0.494 e. The van der Waals surface area contributed by atoms with Crippen molar-refractivity contribution in [3.63, 3.8) is 0 Å². The number of benzene rings is 3. The predicted molar refractivity (Wildman–Crippen MR) is 151 cm³/mol. The molecule has 218 valence electrons. The third-order valence-corrected chi connectivity index (χ3v) is 6.42. The van der Waals surface area contributed by atoms with E-state index in [4.69, 9.17) is 9.47 Å². The second-order valence-corrected chi connectivity index (χ2v) is 9.86. The second kappa shape index (κ2) is 14.9. The van der Waals surface area contributed by atoms with Gasteiger partial charge in [-0.05, 0) is 60.5 Å². The van der Waals surface area contributed by atoms with Gasteiger partial charge in [0.05, 0.1) is 12.2 Å². The van der Waals surface area contributed by atoms with Crippen LogP contribution in [0.5, 0.6) is 11.5 Å². The van der Waals surface area contributed by atoms with Crippen LogP contribution in [0.2, 0.25) is 0 Å². The fourth-order valence-corrected chi connectivity index (χ4v) is 4.05. The van der Waals surface area contributed by atoms with Crippen LogP contribution in [0.1, 0.15) is 77.8 Å². The normalized spacial score (nSPS) is 11.9. The van der Waals surface area contributed by atoms with Crippen molar-refractivity contribution in [1.82, 2.24) is 5.32 Å². The lowest BCUT2D eigenvalue weighted by Crippen LogP contribution is -2.42. The molecule has 7 nitrogen and oxygen atoms in total. The molecule has 9 heteroatoms. The third kappa shape index (κ3) is 10.0. The molecule has 0 saturated heterocycles. The van der Waals surface area contributed by atoms with E-state index in [0.717, 1.165) is 18.9 Å². The molecule has 41 heavy (non-hydrogen) atoms. The number of aliphatic carboxylic acids is 1. The van der Waals surface area contributed by atoms with Gasteiger partial charge in [0.2, 0.25) is 0 Å².